The Morgan fingerprint density at radius 1 is 1.53 bits per heavy atom. The molecule has 0 aliphatic heterocycles. The molecule has 0 atom stereocenters. The van der Waals surface area contributed by atoms with E-state index in [1.807, 2.05) is 25.1 Å². The Morgan fingerprint density at radius 3 is 2.71 bits per heavy atom. The smallest absolute Gasteiger partial charge is 0.254 e. The maximum atomic E-state index is 12.1. The van der Waals surface area contributed by atoms with Crippen molar-refractivity contribution in [3.63, 3.8) is 0 Å². The zero-order valence-corrected chi connectivity index (χ0v) is 12.3. The zero-order chi connectivity index (χ0) is 13.0. The second kappa shape index (κ2) is 6.12. The van der Waals surface area contributed by atoms with Crippen molar-refractivity contribution in [1.82, 2.24) is 4.90 Å². The normalized spacial score (nSPS) is 10.1. The molecule has 0 aliphatic carbocycles. The van der Waals surface area contributed by atoms with Crippen LogP contribution < -0.4 is 5.73 Å². The standard InChI is InChI=1S/C12H15BrN2OS/c1-8-3-4-9(10(13)7-8)12(16)15(2)6-5-11(14)17/h3-4,7H,5-6H2,1-2H3,(H2,14,17). The number of amides is 1. The van der Waals surface area contributed by atoms with Gasteiger partial charge in [0.05, 0.1) is 10.6 Å². The molecule has 1 aromatic carbocycles. The Balaban J connectivity index is 2.78. The summed E-state index contributed by atoms with van der Waals surface area (Å²) >= 11 is 8.19. The molecule has 3 nitrogen and oxygen atoms in total. The molecular weight excluding hydrogens is 300 g/mol. The van der Waals surface area contributed by atoms with Crippen LogP contribution in [0.25, 0.3) is 0 Å². The van der Waals surface area contributed by atoms with Crippen LogP contribution in [-0.2, 0) is 0 Å². The highest BCUT2D eigenvalue weighted by molar-refractivity contribution is 9.10. The topological polar surface area (TPSA) is 46.3 Å². The molecule has 1 aromatic rings. The first-order valence-electron chi connectivity index (χ1n) is 5.21. The van der Waals surface area contributed by atoms with Crippen molar-refractivity contribution < 1.29 is 4.79 Å². The van der Waals surface area contributed by atoms with Crippen molar-refractivity contribution in [1.29, 1.82) is 0 Å². The average Bonchev–Trinajstić information content (AvgIpc) is 2.25. The fourth-order valence-corrected chi connectivity index (χ4v) is 2.13. The number of carbonyl (C=O) groups excluding carboxylic acids is 1. The summed E-state index contributed by atoms with van der Waals surface area (Å²) in [5.74, 6) is -0.0341. The van der Waals surface area contributed by atoms with Gasteiger partial charge in [0, 0.05) is 24.5 Å². The molecular formula is C12H15BrN2OS. The summed E-state index contributed by atoms with van der Waals surface area (Å²) in [6, 6.07) is 5.66. The number of nitrogens with zero attached hydrogens (tertiary/aromatic N) is 1. The molecule has 2 N–H and O–H groups in total. The van der Waals surface area contributed by atoms with E-state index in [2.05, 4.69) is 15.9 Å². The number of nitrogens with two attached hydrogens (primary N) is 1. The van der Waals surface area contributed by atoms with Gasteiger partial charge in [-0.05, 0) is 40.5 Å². The first kappa shape index (κ1) is 14.1. The largest absolute Gasteiger partial charge is 0.393 e. The summed E-state index contributed by atoms with van der Waals surface area (Å²) in [6.45, 7) is 2.52. The molecule has 5 heteroatoms. The number of thiocarbonyl (C=S) groups is 1. The predicted octanol–water partition coefficient (Wildman–Crippen LogP) is 2.51. The van der Waals surface area contributed by atoms with E-state index in [0.29, 0.717) is 23.5 Å². The van der Waals surface area contributed by atoms with Gasteiger partial charge in [-0.15, -0.1) is 0 Å². The number of rotatable bonds is 4. The van der Waals surface area contributed by atoms with Gasteiger partial charge in [-0.1, -0.05) is 18.3 Å². The summed E-state index contributed by atoms with van der Waals surface area (Å²) in [5.41, 5.74) is 7.18. The number of carbonyl (C=O) groups is 1. The average molecular weight is 315 g/mol. The van der Waals surface area contributed by atoms with Gasteiger partial charge >= 0.3 is 0 Å². The lowest BCUT2D eigenvalue weighted by Crippen LogP contribution is -2.30. The van der Waals surface area contributed by atoms with Crippen LogP contribution in [0.1, 0.15) is 22.3 Å². The number of hydrogen-bond acceptors (Lipinski definition) is 2. The first-order chi connectivity index (χ1) is 7.91. The molecule has 0 saturated heterocycles. The summed E-state index contributed by atoms with van der Waals surface area (Å²) in [6.07, 6.45) is 0.543. The summed E-state index contributed by atoms with van der Waals surface area (Å²) in [5, 5.41) is 0. The Bertz CT molecular complexity index is 448. The highest BCUT2D eigenvalue weighted by atomic mass is 79.9. The van der Waals surface area contributed by atoms with Gasteiger partial charge in [0.1, 0.15) is 0 Å². The van der Waals surface area contributed by atoms with Crippen LogP contribution in [0.5, 0.6) is 0 Å². The van der Waals surface area contributed by atoms with Crippen LogP contribution in [0.2, 0.25) is 0 Å². The van der Waals surface area contributed by atoms with E-state index in [0.717, 1.165) is 10.0 Å². The molecule has 0 aliphatic rings. The van der Waals surface area contributed by atoms with Crippen LogP contribution in [0.15, 0.2) is 22.7 Å². The monoisotopic (exact) mass is 314 g/mol. The zero-order valence-electron chi connectivity index (χ0n) is 9.87. The van der Waals surface area contributed by atoms with Gasteiger partial charge in [0.2, 0.25) is 0 Å². The minimum absolute atomic E-state index is 0.0341. The summed E-state index contributed by atoms with van der Waals surface area (Å²) in [4.78, 5) is 14.1. The van der Waals surface area contributed by atoms with E-state index in [4.69, 9.17) is 18.0 Å². The SMILES string of the molecule is Cc1ccc(C(=O)N(C)CCC(N)=S)c(Br)c1. The summed E-state index contributed by atoms with van der Waals surface area (Å²) < 4.78 is 0.810. The highest BCUT2D eigenvalue weighted by Crippen LogP contribution is 2.19. The van der Waals surface area contributed by atoms with Gasteiger partial charge < -0.3 is 10.6 Å². The quantitative estimate of drug-likeness (QED) is 0.869. The molecule has 1 rings (SSSR count). The van der Waals surface area contributed by atoms with Gasteiger partial charge in [-0.2, -0.15) is 0 Å². The fourth-order valence-electron chi connectivity index (χ4n) is 1.38. The van der Waals surface area contributed by atoms with Crippen LogP contribution >= 0.6 is 28.1 Å². The molecule has 0 unspecified atom stereocenters. The predicted molar refractivity (Wildman–Crippen MR) is 77.2 cm³/mol. The Morgan fingerprint density at radius 2 is 2.18 bits per heavy atom. The molecule has 0 saturated carbocycles. The maximum absolute atomic E-state index is 12.1. The molecule has 0 fully saturated rings. The van der Waals surface area contributed by atoms with Crippen LogP contribution in [0.4, 0.5) is 0 Å². The molecule has 17 heavy (non-hydrogen) atoms. The van der Waals surface area contributed by atoms with E-state index in [-0.39, 0.29) is 5.91 Å². The van der Waals surface area contributed by atoms with E-state index in [1.165, 1.54) is 0 Å². The maximum Gasteiger partial charge on any atom is 0.254 e. The van der Waals surface area contributed by atoms with Crippen LogP contribution in [-0.4, -0.2) is 29.4 Å². The second-order valence-electron chi connectivity index (χ2n) is 3.93. The first-order valence-corrected chi connectivity index (χ1v) is 6.42. The minimum atomic E-state index is -0.0341. The molecule has 1 amide bonds. The van der Waals surface area contributed by atoms with Crippen molar-refractivity contribution in [3.8, 4) is 0 Å². The van der Waals surface area contributed by atoms with Crippen molar-refractivity contribution in [2.24, 2.45) is 5.73 Å². The second-order valence-corrected chi connectivity index (χ2v) is 5.31. The summed E-state index contributed by atoms with van der Waals surface area (Å²) in [7, 11) is 1.74. The third-order valence-corrected chi connectivity index (χ3v) is 3.26. The Hall–Kier alpha value is -0.940. The molecule has 0 heterocycles. The van der Waals surface area contributed by atoms with E-state index < -0.39 is 0 Å². The lowest BCUT2D eigenvalue weighted by molar-refractivity contribution is 0.0798. The number of halogens is 1. The van der Waals surface area contributed by atoms with Crippen molar-refractivity contribution in [3.05, 3.63) is 33.8 Å². The van der Waals surface area contributed by atoms with Crippen molar-refractivity contribution in [2.75, 3.05) is 13.6 Å². The van der Waals surface area contributed by atoms with Crippen LogP contribution in [0.3, 0.4) is 0 Å². The highest BCUT2D eigenvalue weighted by Gasteiger charge is 2.14. The number of benzene rings is 1. The third kappa shape index (κ3) is 4.09. The van der Waals surface area contributed by atoms with Crippen molar-refractivity contribution in [2.45, 2.75) is 13.3 Å². The van der Waals surface area contributed by atoms with E-state index >= 15 is 0 Å². The fraction of sp³-hybridized carbons (Fsp3) is 0.333. The van der Waals surface area contributed by atoms with E-state index in [1.54, 1.807) is 11.9 Å². The third-order valence-electron chi connectivity index (χ3n) is 2.40. The van der Waals surface area contributed by atoms with Gasteiger partial charge in [-0.3, -0.25) is 4.79 Å². The minimum Gasteiger partial charge on any atom is -0.393 e. The Kier molecular flexibility index (Phi) is 5.08. The van der Waals surface area contributed by atoms with E-state index in [9.17, 15) is 4.79 Å². The van der Waals surface area contributed by atoms with Gasteiger partial charge in [0.25, 0.3) is 5.91 Å². The van der Waals surface area contributed by atoms with Gasteiger partial charge in [-0.25, -0.2) is 0 Å². The van der Waals surface area contributed by atoms with Crippen LogP contribution in [0, 0.1) is 6.92 Å². The lowest BCUT2D eigenvalue weighted by atomic mass is 10.1. The number of hydrogen-bond donors (Lipinski definition) is 1. The number of aryl methyl sites for hydroxylation is 1. The van der Waals surface area contributed by atoms with Crippen molar-refractivity contribution >= 4 is 39.0 Å². The molecule has 0 aromatic heterocycles. The lowest BCUT2D eigenvalue weighted by Gasteiger charge is -2.17. The molecule has 92 valence electrons. The molecule has 0 bridgehead atoms. The Labute approximate surface area is 115 Å². The molecule has 0 radical (unpaired) electrons. The molecule has 0 spiro atoms. The van der Waals surface area contributed by atoms with Gasteiger partial charge in [0.15, 0.2) is 0 Å².